The zero-order valence-corrected chi connectivity index (χ0v) is 13.4. The highest BCUT2D eigenvalue weighted by atomic mass is 14.4. The van der Waals surface area contributed by atoms with Crippen LogP contribution in [0, 0.1) is 33.5 Å². The van der Waals surface area contributed by atoms with Crippen LogP contribution in [0.2, 0.25) is 0 Å². The summed E-state index contributed by atoms with van der Waals surface area (Å²) < 4.78 is 0. The quantitative estimate of drug-likeness (QED) is 0.758. The Morgan fingerprint density at radius 3 is 1.65 bits per heavy atom. The Morgan fingerprint density at radius 2 is 1.35 bits per heavy atom. The van der Waals surface area contributed by atoms with Gasteiger partial charge in [-0.15, -0.1) is 0 Å². The molecule has 0 aliphatic rings. The number of hydrogen-bond donors (Lipinski definition) is 0. The van der Waals surface area contributed by atoms with Gasteiger partial charge in [-0.3, -0.25) is 0 Å². The van der Waals surface area contributed by atoms with Gasteiger partial charge in [-0.25, -0.2) is 0 Å². The molecule has 0 saturated carbocycles. The van der Waals surface area contributed by atoms with Crippen LogP contribution in [0.1, 0.15) is 70.6 Å². The Morgan fingerprint density at radius 1 is 0.900 bits per heavy atom. The smallest absolute Gasteiger partial charge is 0.0992 e. The molecule has 0 aliphatic heterocycles. The minimum Gasteiger partial charge on any atom is -0.192 e. The Hall–Kier alpha value is -1.80. The first kappa shape index (κ1) is 16.3. The third kappa shape index (κ3) is 4.39. The first-order valence-corrected chi connectivity index (χ1v) is 7.02. The minimum atomic E-state index is 0.0914. The molecule has 2 nitrogen and oxygen atoms in total. The van der Waals surface area contributed by atoms with Gasteiger partial charge in [0.1, 0.15) is 0 Å². The zero-order valence-electron chi connectivity index (χ0n) is 13.4. The van der Waals surface area contributed by atoms with Crippen LogP contribution in [0.15, 0.2) is 18.2 Å². The van der Waals surface area contributed by atoms with E-state index in [1.54, 1.807) is 6.07 Å². The molecule has 0 spiro atoms. The number of hydrogen-bond acceptors (Lipinski definition) is 2. The fourth-order valence-electron chi connectivity index (χ4n) is 2.52. The van der Waals surface area contributed by atoms with Gasteiger partial charge in [0.15, 0.2) is 0 Å². The van der Waals surface area contributed by atoms with E-state index in [1.807, 2.05) is 12.1 Å². The third-order valence-electron chi connectivity index (χ3n) is 3.48. The van der Waals surface area contributed by atoms with Gasteiger partial charge < -0.3 is 0 Å². The Balaban J connectivity index is 3.35. The maximum atomic E-state index is 9.14. The maximum Gasteiger partial charge on any atom is 0.0992 e. The number of nitriles is 2. The van der Waals surface area contributed by atoms with Crippen LogP contribution in [0.3, 0.4) is 0 Å². The fourth-order valence-corrected chi connectivity index (χ4v) is 2.52. The summed E-state index contributed by atoms with van der Waals surface area (Å²) in [6.07, 6.45) is 1.02. The van der Waals surface area contributed by atoms with Gasteiger partial charge in [0, 0.05) is 0 Å². The monoisotopic (exact) mass is 268 g/mol. The molecule has 1 unspecified atom stereocenters. The largest absolute Gasteiger partial charge is 0.192 e. The highest BCUT2D eigenvalue weighted by Crippen LogP contribution is 2.43. The summed E-state index contributed by atoms with van der Waals surface area (Å²) >= 11 is 0. The van der Waals surface area contributed by atoms with E-state index in [2.05, 4.69) is 53.7 Å². The van der Waals surface area contributed by atoms with Crippen molar-refractivity contribution in [2.75, 3.05) is 0 Å². The van der Waals surface area contributed by atoms with Crippen LogP contribution in [0.4, 0.5) is 0 Å². The number of rotatable bonds is 2. The van der Waals surface area contributed by atoms with Crippen molar-refractivity contribution in [1.29, 1.82) is 10.5 Å². The molecule has 20 heavy (non-hydrogen) atoms. The van der Waals surface area contributed by atoms with Gasteiger partial charge in [0.2, 0.25) is 0 Å². The van der Waals surface area contributed by atoms with Crippen molar-refractivity contribution < 1.29 is 0 Å². The Kier molecular flexibility index (Phi) is 4.61. The third-order valence-corrected chi connectivity index (χ3v) is 3.48. The standard InChI is InChI=1S/C18H24N2/c1-17(2,3)10-16(18(4,5)6)15-8-13(11-19)7-14(9-15)12-20/h7-9,16H,10H2,1-6H3. The topological polar surface area (TPSA) is 47.6 Å². The lowest BCUT2D eigenvalue weighted by atomic mass is 9.69. The van der Waals surface area contributed by atoms with Crippen LogP contribution in [-0.4, -0.2) is 0 Å². The molecule has 1 aromatic carbocycles. The van der Waals surface area contributed by atoms with Crippen LogP contribution < -0.4 is 0 Å². The van der Waals surface area contributed by atoms with E-state index in [-0.39, 0.29) is 10.8 Å². The predicted octanol–water partition coefficient (Wildman–Crippen LogP) is 5.00. The fraction of sp³-hybridized carbons (Fsp3) is 0.556. The highest BCUT2D eigenvalue weighted by Gasteiger charge is 2.30. The van der Waals surface area contributed by atoms with E-state index >= 15 is 0 Å². The van der Waals surface area contributed by atoms with Gasteiger partial charge in [-0.2, -0.15) is 10.5 Å². The van der Waals surface area contributed by atoms with E-state index in [4.69, 9.17) is 10.5 Å². The lowest BCUT2D eigenvalue weighted by molar-refractivity contribution is 0.229. The van der Waals surface area contributed by atoms with Gasteiger partial charge in [0.05, 0.1) is 23.3 Å². The SMILES string of the molecule is CC(C)(C)CC(c1cc(C#N)cc(C#N)c1)C(C)(C)C. The highest BCUT2D eigenvalue weighted by molar-refractivity contribution is 5.44. The summed E-state index contributed by atoms with van der Waals surface area (Å²) in [5.74, 6) is 0.322. The first-order valence-electron chi connectivity index (χ1n) is 7.02. The maximum absolute atomic E-state index is 9.14. The van der Waals surface area contributed by atoms with Crippen LogP contribution >= 0.6 is 0 Å². The van der Waals surface area contributed by atoms with E-state index < -0.39 is 0 Å². The lowest BCUT2D eigenvalue weighted by Gasteiger charge is -2.36. The van der Waals surface area contributed by atoms with E-state index in [1.165, 1.54) is 0 Å². The van der Waals surface area contributed by atoms with E-state index in [9.17, 15) is 0 Å². The summed E-state index contributed by atoms with van der Waals surface area (Å²) in [6.45, 7) is 13.3. The van der Waals surface area contributed by atoms with Crippen molar-refractivity contribution in [2.24, 2.45) is 10.8 Å². The molecule has 0 bridgehead atoms. The lowest BCUT2D eigenvalue weighted by Crippen LogP contribution is -2.24. The second kappa shape index (κ2) is 5.68. The molecule has 0 aliphatic carbocycles. The van der Waals surface area contributed by atoms with Crippen molar-refractivity contribution in [3.8, 4) is 12.1 Å². The Labute approximate surface area is 123 Å². The molecule has 0 radical (unpaired) electrons. The molecule has 1 atom stereocenters. The molecular formula is C18H24N2. The van der Waals surface area contributed by atoms with Crippen molar-refractivity contribution in [1.82, 2.24) is 0 Å². The number of nitrogens with zero attached hydrogens (tertiary/aromatic N) is 2. The molecule has 2 heteroatoms. The Bertz CT molecular complexity index is 525. The average molecular weight is 268 g/mol. The molecule has 0 N–H and O–H groups in total. The van der Waals surface area contributed by atoms with Gasteiger partial charge >= 0.3 is 0 Å². The van der Waals surface area contributed by atoms with E-state index in [0.717, 1.165) is 12.0 Å². The molecule has 0 aromatic heterocycles. The van der Waals surface area contributed by atoms with Gasteiger partial charge in [-0.05, 0) is 46.9 Å². The van der Waals surface area contributed by atoms with Gasteiger partial charge in [0.25, 0.3) is 0 Å². The van der Waals surface area contributed by atoms with Crippen LogP contribution in [0.5, 0.6) is 0 Å². The summed E-state index contributed by atoms with van der Waals surface area (Å²) in [7, 11) is 0. The second-order valence-electron chi connectivity index (χ2n) is 7.75. The van der Waals surface area contributed by atoms with Crippen LogP contribution in [-0.2, 0) is 0 Å². The minimum absolute atomic E-state index is 0.0914. The molecule has 0 heterocycles. The summed E-state index contributed by atoms with van der Waals surface area (Å²) in [5.41, 5.74) is 2.54. The molecule has 0 fully saturated rings. The molecule has 1 aromatic rings. The molecule has 106 valence electrons. The molecule has 1 rings (SSSR count). The van der Waals surface area contributed by atoms with Crippen molar-refractivity contribution in [2.45, 2.75) is 53.9 Å². The normalized spacial score (nSPS) is 13.4. The summed E-state index contributed by atoms with van der Waals surface area (Å²) in [6, 6.07) is 9.84. The zero-order chi connectivity index (χ0) is 15.6. The first-order chi connectivity index (χ1) is 9.06. The van der Waals surface area contributed by atoms with Crippen molar-refractivity contribution >= 4 is 0 Å². The number of benzene rings is 1. The summed E-state index contributed by atoms with van der Waals surface area (Å²) in [4.78, 5) is 0. The van der Waals surface area contributed by atoms with Crippen LogP contribution in [0.25, 0.3) is 0 Å². The average Bonchev–Trinajstić information content (AvgIpc) is 2.33. The molecule has 0 saturated heterocycles. The summed E-state index contributed by atoms with van der Waals surface area (Å²) in [5, 5.41) is 18.3. The molecule has 0 amide bonds. The van der Waals surface area contributed by atoms with Gasteiger partial charge in [-0.1, -0.05) is 41.5 Å². The van der Waals surface area contributed by atoms with E-state index in [0.29, 0.717) is 17.0 Å². The van der Waals surface area contributed by atoms with Crippen molar-refractivity contribution in [3.05, 3.63) is 34.9 Å². The molecular weight excluding hydrogens is 244 g/mol. The predicted molar refractivity (Wildman–Crippen MR) is 82.1 cm³/mol. The second-order valence-corrected chi connectivity index (χ2v) is 7.75. The van der Waals surface area contributed by atoms with Crippen molar-refractivity contribution in [3.63, 3.8) is 0 Å².